The third-order valence-electron chi connectivity index (χ3n) is 2.46. The van der Waals surface area contributed by atoms with Gasteiger partial charge in [-0.15, -0.1) is 0 Å². The van der Waals surface area contributed by atoms with E-state index in [1.165, 1.54) is 0 Å². The van der Waals surface area contributed by atoms with E-state index in [9.17, 15) is 32.7 Å². The van der Waals surface area contributed by atoms with Crippen LogP contribution in [0.2, 0.25) is 5.02 Å². The van der Waals surface area contributed by atoms with Crippen molar-refractivity contribution in [2.24, 2.45) is 5.92 Å². The van der Waals surface area contributed by atoms with Crippen molar-refractivity contribution in [3.05, 3.63) is 34.3 Å². The fraction of sp³-hybridized carbons (Fsp3) is 0.250. The fourth-order valence-electron chi connectivity index (χ4n) is 1.58. The van der Waals surface area contributed by atoms with Crippen LogP contribution in [0, 0.1) is 5.92 Å². The van der Waals surface area contributed by atoms with E-state index in [4.69, 9.17) is 11.6 Å². The van der Waals surface area contributed by atoms with Crippen molar-refractivity contribution < 1.29 is 32.7 Å². The molecule has 0 saturated carbocycles. The van der Waals surface area contributed by atoms with E-state index in [2.05, 4.69) is 0 Å². The first kappa shape index (κ1) is 16.2. The van der Waals surface area contributed by atoms with Crippen molar-refractivity contribution in [3.63, 3.8) is 0 Å². The summed E-state index contributed by atoms with van der Waals surface area (Å²) in [6.45, 7) is 0.779. The molecule has 0 spiro atoms. The molecule has 8 heteroatoms. The minimum Gasteiger partial charge on any atom is -0.549 e. The van der Waals surface area contributed by atoms with Gasteiger partial charge in [0.25, 0.3) is 0 Å². The molecule has 0 heterocycles. The molecule has 0 aromatic heterocycles. The zero-order valence-electron chi connectivity index (χ0n) is 9.95. The van der Waals surface area contributed by atoms with Crippen LogP contribution >= 0.6 is 11.6 Å². The van der Waals surface area contributed by atoms with Crippen LogP contribution in [0.4, 0.5) is 13.2 Å². The Morgan fingerprint density at radius 1 is 1.25 bits per heavy atom. The molecule has 0 saturated heterocycles. The van der Waals surface area contributed by atoms with Crippen molar-refractivity contribution >= 4 is 29.1 Å². The molecule has 0 fully saturated rings. The summed E-state index contributed by atoms with van der Waals surface area (Å²) in [5.74, 6) is -6.93. The maximum absolute atomic E-state index is 12.8. The summed E-state index contributed by atoms with van der Waals surface area (Å²) in [5, 5.41) is 10.4. The zero-order chi connectivity index (χ0) is 15.7. The van der Waals surface area contributed by atoms with Gasteiger partial charge in [-0.2, -0.15) is 13.2 Å². The zero-order valence-corrected chi connectivity index (χ0v) is 10.7. The predicted molar refractivity (Wildman–Crippen MR) is 60.0 cm³/mol. The predicted octanol–water partition coefficient (Wildman–Crippen LogP) is 1.50. The molecule has 0 radical (unpaired) electrons. The Balaban J connectivity index is 3.43. The molecule has 0 N–H and O–H groups in total. The minimum absolute atomic E-state index is 0.276. The van der Waals surface area contributed by atoms with E-state index in [0.29, 0.717) is 6.07 Å². The van der Waals surface area contributed by atoms with Gasteiger partial charge in [0.1, 0.15) is 11.7 Å². The number of rotatable bonds is 4. The lowest BCUT2D eigenvalue weighted by Gasteiger charge is -2.17. The molecular formula is C12H7ClF3O4-. The number of alkyl halides is 3. The summed E-state index contributed by atoms with van der Waals surface area (Å²) in [7, 11) is 0. The highest BCUT2D eigenvalue weighted by Crippen LogP contribution is 2.34. The van der Waals surface area contributed by atoms with E-state index in [1.807, 2.05) is 0 Å². The van der Waals surface area contributed by atoms with Gasteiger partial charge >= 0.3 is 6.18 Å². The third-order valence-corrected chi connectivity index (χ3v) is 2.69. The van der Waals surface area contributed by atoms with Crippen molar-refractivity contribution in [1.82, 2.24) is 0 Å². The molecule has 0 aliphatic carbocycles. The molecule has 0 amide bonds. The van der Waals surface area contributed by atoms with Gasteiger partial charge in [0.15, 0.2) is 5.78 Å². The summed E-state index contributed by atoms with van der Waals surface area (Å²) < 4.78 is 38.4. The normalized spacial score (nSPS) is 12.8. The Labute approximate surface area is 116 Å². The maximum Gasteiger partial charge on any atom is 0.417 e. The summed E-state index contributed by atoms with van der Waals surface area (Å²) in [6.07, 6.45) is -4.91. The smallest absolute Gasteiger partial charge is 0.417 e. The van der Waals surface area contributed by atoms with E-state index in [1.54, 1.807) is 0 Å². The highest BCUT2D eigenvalue weighted by molar-refractivity contribution is 6.31. The Hall–Kier alpha value is -1.89. The van der Waals surface area contributed by atoms with Gasteiger partial charge in [0, 0.05) is 10.6 Å². The number of benzene rings is 1. The molecule has 1 atom stereocenters. The van der Waals surface area contributed by atoms with Crippen LogP contribution in [-0.2, 0) is 15.8 Å². The number of halogens is 4. The number of carboxylic acid groups (broad SMARTS) is 1. The number of hydrogen-bond donors (Lipinski definition) is 0. The standard InChI is InChI=1S/C12H8ClF3O4/c1-5(17)9(11(19)20)10(18)7-3-2-6(13)4-8(7)12(14,15)16/h2-4,9H,1H3,(H,19,20)/p-1. The largest absolute Gasteiger partial charge is 0.549 e. The first-order valence-corrected chi connectivity index (χ1v) is 5.55. The molecule has 0 aliphatic heterocycles. The topological polar surface area (TPSA) is 74.3 Å². The molecule has 0 bridgehead atoms. The van der Waals surface area contributed by atoms with Gasteiger partial charge in [-0.05, 0) is 25.1 Å². The van der Waals surface area contributed by atoms with E-state index in [-0.39, 0.29) is 5.02 Å². The Morgan fingerprint density at radius 2 is 1.80 bits per heavy atom. The first-order valence-electron chi connectivity index (χ1n) is 5.18. The molecule has 20 heavy (non-hydrogen) atoms. The lowest BCUT2D eigenvalue weighted by molar-refractivity contribution is -0.307. The van der Waals surface area contributed by atoms with Crippen molar-refractivity contribution in [2.75, 3.05) is 0 Å². The van der Waals surface area contributed by atoms with Crippen LogP contribution in [0.3, 0.4) is 0 Å². The van der Waals surface area contributed by atoms with Gasteiger partial charge in [0.05, 0.1) is 11.5 Å². The van der Waals surface area contributed by atoms with Gasteiger partial charge in [-0.25, -0.2) is 0 Å². The van der Waals surface area contributed by atoms with Gasteiger partial charge in [0.2, 0.25) is 0 Å². The second-order valence-corrected chi connectivity index (χ2v) is 4.35. The van der Waals surface area contributed by atoms with Gasteiger partial charge < -0.3 is 9.90 Å². The number of ketones is 2. The number of carbonyl (C=O) groups is 3. The molecule has 1 aromatic carbocycles. The average Bonchev–Trinajstić information content (AvgIpc) is 2.26. The summed E-state index contributed by atoms with van der Waals surface area (Å²) in [5.41, 5.74) is -2.34. The lowest BCUT2D eigenvalue weighted by atomic mass is 9.91. The average molecular weight is 308 g/mol. The molecule has 1 unspecified atom stereocenters. The fourth-order valence-corrected chi connectivity index (χ4v) is 1.75. The van der Waals surface area contributed by atoms with E-state index in [0.717, 1.165) is 19.1 Å². The van der Waals surface area contributed by atoms with Crippen LogP contribution in [0.25, 0.3) is 0 Å². The number of hydrogen-bond acceptors (Lipinski definition) is 4. The van der Waals surface area contributed by atoms with Crippen LogP contribution < -0.4 is 5.11 Å². The highest BCUT2D eigenvalue weighted by atomic mass is 35.5. The minimum atomic E-state index is -4.91. The summed E-state index contributed by atoms with van der Waals surface area (Å²) in [4.78, 5) is 33.6. The molecule has 0 aliphatic rings. The second-order valence-electron chi connectivity index (χ2n) is 3.91. The van der Waals surface area contributed by atoms with Gasteiger partial charge in [-0.3, -0.25) is 9.59 Å². The Morgan fingerprint density at radius 3 is 2.20 bits per heavy atom. The number of Topliss-reactive ketones (excluding diaryl/α,β-unsaturated/α-hetero) is 2. The van der Waals surface area contributed by atoms with Crippen molar-refractivity contribution in [1.29, 1.82) is 0 Å². The van der Waals surface area contributed by atoms with Crippen molar-refractivity contribution in [2.45, 2.75) is 13.1 Å². The third kappa shape index (κ3) is 3.36. The highest BCUT2D eigenvalue weighted by Gasteiger charge is 2.38. The summed E-state index contributed by atoms with van der Waals surface area (Å²) in [6, 6.07) is 2.21. The second kappa shape index (κ2) is 5.62. The monoisotopic (exact) mass is 307 g/mol. The van der Waals surface area contributed by atoms with Crippen molar-refractivity contribution in [3.8, 4) is 0 Å². The number of carbonyl (C=O) groups excluding carboxylic acids is 3. The molecule has 4 nitrogen and oxygen atoms in total. The maximum atomic E-state index is 12.8. The van der Waals surface area contributed by atoms with Crippen LogP contribution in [0.15, 0.2) is 18.2 Å². The van der Waals surface area contributed by atoms with E-state index >= 15 is 0 Å². The first-order chi connectivity index (χ1) is 9.05. The molecule has 1 aromatic rings. The van der Waals surface area contributed by atoms with E-state index < -0.39 is 40.8 Å². The molecule has 1 rings (SSSR count). The number of carboxylic acids is 1. The Bertz CT molecular complexity index is 567. The van der Waals surface area contributed by atoms with Gasteiger partial charge in [-0.1, -0.05) is 11.6 Å². The molecule has 108 valence electrons. The van der Waals surface area contributed by atoms with Crippen LogP contribution in [0.5, 0.6) is 0 Å². The SMILES string of the molecule is CC(=O)C(C(=O)[O-])C(=O)c1ccc(Cl)cc1C(F)(F)F. The Kier molecular flexibility index (Phi) is 4.54. The quantitative estimate of drug-likeness (QED) is 0.624. The number of aliphatic carboxylic acids is 1. The summed E-state index contributed by atoms with van der Waals surface area (Å²) >= 11 is 5.43. The van der Waals surface area contributed by atoms with Crippen LogP contribution in [0.1, 0.15) is 22.8 Å². The lowest BCUT2D eigenvalue weighted by Crippen LogP contribution is -2.41. The van der Waals surface area contributed by atoms with Crippen LogP contribution in [-0.4, -0.2) is 17.5 Å². The molecular weight excluding hydrogens is 301 g/mol.